The van der Waals surface area contributed by atoms with Crippen molar-refractivity contribution in [3.8, 4) is 0 Å². The van der Waals surface area contributed by atoms with Gasteiger partial charge in [-0.2, -0.15) is 0 Å². The normalized spacial score (nSPS) is 12.2. The quantitative estimate of drug-likeness (QED) is 0.786. The van der Waals surface area contributed by atoms with E-state index in [1.165, 1.54) is 0 Å². The molecule has 1 aromatic carbocycles. The molecule has 1 N–H and O–H groups in total. The minimum absolute atomic E-state index is 0.0125. The number of hydrogen-bond acceptors (Lipinski definition) is 1. The zero-order chi connectivity index (χ0) is 12.8. The summed E-state index contributed by atoms with van der Waals surface area (Å²) in [5, 5.41) is 2.92. The van der Waals surface area contributed by atoms with Gasteiger partial charge in [0.15, 0.2) is 0 Å². The van der Waals surface area contributed by atoms with Crippen LogP contribution in [0.15, 0.2) is 22.7 Å². The number of aryl methyl sites for hydroxylation is 1. The number of carbonyl (C=O) groups is 1. The third-order valence-electron chi connectivity index (χ3n) is 2.62. The third-order valence-corrected chi connectivity index (χ3v) is 4.58. The van der Waals surface area contributed by atoms with Gasteiger partial charge in [0.2, 0.25) is 0 Å². The lowest BCUT2D eigenvalue weighted by Crippen LogP contribution is -2.26. The molecule has 0 saturated carbocycles. The monoisotopic (exact) mass is 361 g/mol. The first-order valence-electron chi connectivity index (χ1n) is 5.73. The second kappa shape index (κ2) is 7.17. The predicted molar refractivity (Wildman–Crippen MR) is 78.8 cm³/mol. The van der Waals surface area contributed by atoms with Crippen LogP contribution in [0.3, 0.4) is 0 Å². The van der Waals surface area contributed by atoms with E-state index in [0.717, 1.165) is 22.9 Å². The molecule has 0 aromatic heterocycles. The van der Waals surface area contributed by atoms with E-state index in [-0.39, 0.29) is 5.91 Å². The van der Waals surface area contributed by atoms with E-state index in [1.807, 2.05) is 25.1 Å². The van der Waals surface area contributed by atoms with E-state index in [2.05, 4.69) is 44.1 Å². The standard InChI is InChI=1S/C13H17Br2NO/c1-3-11(14)6-7-16-13(17)10-5-4-9(2)12(15)8-10/h4-5,8,11H,3,6-7H2,1-2H3,(H,16,17). The molecule has 0 aliphatic carbocycles. The topological polar surface area (TPSA) is 29.1 Å². The van der Waals surface area contributed by atoms with Gasteiger partial charge < -0.3 is 5.32 Å². The molecule has 0 aliphatic rings. The van der Waals surface area contributed by atoms with E-state index >= 15 is 0 Å². The molecule has 1 amide bonds. The van der Waals surface area contributed by atoms with Crippen molar-refractivity contribution >= 4 is 37.8 Å². The van der Waals surface area contributed by atoms with Crippen molar-refractivity contribution in [1.29, 1.82) is 0 Å². The van der Waals surface area contributed by atoms with Crippen molar-refractivity contribution in [1.82, 2.24) is 5.32 Å². The maximum absolute atomic E-state index is 11.8. The molecule has 94 valence electrons. The average Bonchev–Trinajstić information content (AvgIpc) is 2.32. The SMILES string of the molecule is CCC(Br)CCNC(=O)c1ccc(C)c(Br)c1. The fraction of sp³-hybridized carbons (Fsp3) is 0.462. The Hall–Kier alpha value is -0.350. The molecule has 1 rings (SSSR count). The number of benzene rings is 1. The Morgan fingerprint density at radius 3 is 2.76 bits per heavy atom. The molecule has 0 saturated heterocycles. The zero-order valence-corrected chi connectivity index (χ0v) is 13.3. The van der Waals surface area contributed by atoms with E-state index in [9.17, 15) is 4.79 Å². The number of hydrogen-bond donors (Lipinski definition) is 1. The van der Waals surface area contributed by atoms with Gasteiger partial charge in [-0.3, -0.25) is 4.79 Å². The zero-order valence-electron chi connectivity index (χ0n) is 10.1. The van der Waals surface area contributed by atoms with Crippen molar-refractivity contribution in [3.05, 3.63) is 33.8 Å². The summed E-state index contributed by atoms with van der Waals surface area (Å²) in [7, 11) is 0. The van der Waals surface area contributed by atoms with Crippen molar-refractivity contribution in [2.24, 2.45) is 0 Å². The summed E-state index contributed by atoms with van der Waals surface area (Å²) in [6.45, 7) is 4.83. The number of nitrogens with one attached hydrogen (secondary N) is 1. The maximum Gasteiger partial charge on any atom is 0.251 e. The molecule has 1 unspecified atom stereocenters. The maximum atomic E-state index is 11.8. The number of rotatable bonds is 5. The molecule has 17 heavy (non-hydrogen) atoms. The van der Waals surface area contributed by atoms with E-state index in [0.29, 0.717) is 16.9 Å². The van der Waals surface area contributed by atoms with Crippen LogP contribution in [0.5, 0.6) is 0 Å². The minimum Gasteiger partial charge on any atom is -0.352 e. The van der Waals surface area contributed by atoms with Gasteiger partial charge in [-0.05, 0) is 37.5 Å². The smallest absolute Gasteiger partial charge is 0.251 e. The molecule has 1 aromatic rings. The molecule has 0 bridgehead atoms. The first-order chi connectivity index (χ1) is 8.04. The van der Waals surface area contributed by atoms with Gasteiger partial charge in [0.25, 0.3) is 5.91 Å². The van der Waals surface area contributed by atoms with Gasteiger partial charge in [-0.15, -0.1) is 0 Å². The molecule has 0 spiro atoms. The Balaban J connectivity index is 2.50. The lowest BCUT2D eigenvalue weighted by atomic mass is 10.1. The molecule has 4 heteroatoms. The van der Waals surface area contributed by atoms with E-state index in [1.54, 1.807) is 0 Å². The van der Waals surface area contributed by atoms with Crippen LogP contribution in [0.2, 0.25) is 0 Å². The highest BCUT2D eigenvalue weighted by Crippen LogP contribution is 2.17. The van der Waals surface area contributed by atoms with Crippen molar-refractivity contribution in [2.75, 3.05) is 6.54 Å². The lowest BCUT2D eigenvalue weighted by Gasteiger charge is -2.09. The Bertz CT molecular complexity index is 393. The Kier molecular flexibility index (Phi) is 6.20. The van der Waals surface area contributed by atoms with Crippen molar-refractivity contribution < 1.29 is 4.79 Å². The summed E-state index contributed by atoms with van der Waals surface area (Å²) in [5.41, 5.74) is 1.83. The highest BCUT2D eigenvalue weighted by Gasteiger charge is 2.07. The molecule has 0 fully saturated rings. The number of carbonyl (C=O) groups excluding carboxylic acids is 1. The molecular weight excluding hydrogens is 346 g/mol. The minimum atomic E-state index is -0.0125. The summed E-state index contributed by atoms with van der Waals surface area (Å²) >= 11 is 6.97. The highest BCUT2D eigenvalue weighted by molar-refractivity contribution is 9.10. The molecule has 0 heterocycles. The molecule has 0 radical (unpaired) electrons. The van der Waals surface area contributed by atoms with Gasteiger partial charge in [0, 0.05) is 21.4 Å². The Morgan fingerprint density at radius 2 is 2.18 bits per heavy atom. The van der Waals surface area contributed by atoms with Crippen LogP contribution in [0, 0.1) is 6.92 Å². The van der Waals surface area contributed by atoms with Crippen LogP contribution < -0.4 is 5.32 Å². The summed E-state index contributed by atoms with van der Waals surface area (Å²) in [5.74, 6) is -0.0125. The number of halogens is 2. The summed E-state index contributed by atoms with van der Waals surface area (Å²) in [6, 6.07) is 5.65. The van der Waals surface area contributed by atoms with Gasteiger partial charge in [-0.1, -0.05) is 44.8 Å². The van der Waals surface area contributed by atoms with E-state index in [4.69, 9.17) is 0 Å². The van der Waals surface area contributed by atoms with Crippen LogP contribution in [0.4, 0.5) is 0 Å². The predicted octanol–water partition coefficient (Wildman–Crippen LogP) is 4.05. The summed E-state index contributed by atoms with van der Waals surface area (Å²) in [4.78, 5) is 12.3. The first-order valence-corrected chi connectivity index (χ1v) is 7.44. The fourth-order valence-electron chi connectivity index (χ4n) is 1.38. The molecule has 0 aliphatic heterocycles. The largest absolute Gasteiger partial charge is 0.352 e. The first kappa shape index (κ1) is 14.7. The fourth-order valence-corrected chi connectivity index (χ4v) is 1.99. The molecular formula is C13H17Br2NO. The Morgan fingerprint density at radius 1 is 1.47 bits per heavy atom. The summed E-state index contributed by atoms with van der Waals surface area (Å²) in [6.07, 6.45) is 2.03. The van der Waals surface area contributed by atoms with Crippen LogP contribution in [-0.4, -0.2) is 17.3 Å². The van der Waals surface area contributed by atoms with Crippen molar-refractivity contribution in [2.45, 2.75) is 31.5 Å². The lowest BCUT2D eigenvalue weighted by molar-refractivity contribution is 0.0953. The van der Waals surface area contributed by atoms with Crippen LogP contribution >= 0.6 is 31.9 Å². The van der Waals surface area contributed by atoms with Gasteiger partial charge in [0.1, 0.15) is 0 Å². The van der Waals surface area contributed by atoms with E-state index < -0.39 is 0 Å². The Labute approximate surface area is 119 Å². The number of alkyl halides is 1. The van der Waals surface area contributed by atoms with Gasteiger partial charge in [0.05, 0.1) is 0 Å². The van der Waals surface area contributed by atoms with Crippen LogP contribution in [0.1, 0.15) is 35.7 Å². The number of amides is 1. The van der Waals surface area contributed by atoms with Gasteiger partial charge >= 0.3 is 0 Å². The summed E-state index contributed by atoms with van der Waals surface area (Å²) < 4.78 is 0.970. The van der Waals surface area contributed by atoms with Gasteiger partial charge in [-0.25, -0.2) is 0 Å². The molecule has 2 nitrogen and oxygen atoms in total. The second-order valence-corrected chi connectivity index (χ2v) is 6.16. The molecule has 1 atom stereocenters. The average molecular weight is 363 g/mol. The highest BCUT2D eigenvalue weighted by atomic mass is 79.9. The third kappa shape index (κ3) is 4.80. The second-order valence-electron chi connectivity index (χ2n) is 4.01. The van der Waals surface area contributed by atoms with Crippen molar-refractivity contribution in [3.63, 3.8) is 0 Å². The van der Waals surface area contributed by atoms with Crippen LogP contribution in [-0.2, 0) is 0 Å². The van der Waals surface area contributed by atoms with Crippen LogP contribution in [0.25, 0.3) is 0 Å².